The molecule has 21 heavy (non-hydrogen) atoms. The minimum atomic E-state index is -3.31. The van der Waals surface area contributed by atoms with Crippen molar-refractivity contribution < 1.29 is 13.2 Å². The quantitative estimate of drug-likeness (QED) is 0.713. The second kappa shape index (κ2) is 7.42. The van der Waals surface area contributed by atoms with Crippen molar-refractivity contribution in [2.75, 3.05) is 22.8 Å². The van der Waals surface area contributed by atoms with Gasteiger partial charge < -0.3 is 11.1 Å². The SMILES string of the molecule is Cc1cc(NC(=O)C(C)CCCN)ccc1NS(C)(=O)=O. The summed E-state index contributed by atoms with van der Waals surface area (Å²) in [5.41, 5.74) is 7.33. The van der Waals surface area contributed by atoms with E-state index < -0.39 is 10.0 Å². The van der Waals surface area contributed by atoms with Crippen LogP contribution in [0.1, 0.15) is 25.3 Å². The fourth-order valence-corrected chi connectivity index (χ4v) is 2.50. The fourth-order valence-electron chi connectivity index (χ4n) is 1.88. The molecule has 0 aliphatic heterocycles. The Morgan fingerprint density at radius 3 is 2.57 bits per heavy atom. The highest BCUT2D eigenvalue weighted by atomic mass is 32.2. The molecule has 0 saturated carbocycles. The van der Waals surface area contributed by atoms with Crippen molar-refractivity contribution in [1.29, 1.82) is 0 Å². The van der Waals surface area contributed by atoms with E-state index in [1.165, 1.54) is 0 Å². The lowest BCUT2D eigenvalue weighted by Crippen LogP contribution is -2.21. The highest BCUT2D eigenvalue weighted by Crippen LogP contribution is 2.21. The van der Waals surface area contributed by atoms with Gasteiger partial charge in [0, 0.05) is 11.6 Å². The van der Waals surface area contributed by atoms with Crippen molar-refractivity contribution in [2.45, 2.75) is 26.7 Å². The Hall–Kier alpha value is -1.60. The maximum Gasteiger partial charge on any atom is 0.229 e. The third-order valence-corrected chi connectivity index (χ3v) is 3.67. The molecule has 6 nitrogen and oxygen atoms in total. The number of rotatable bonds is 7. The van der Waals surface area contributed by atoms with Gasteiger partial charge in [-0.3, -0.25) is 9.52 Å². The van der Waals surface area contributed by atoms with Crippen LogP contribution in [-0.4, -0.2) is 27.1 Å². The van der Waals surface area contributed by atoms with E-state index in [0.29, 0.717) is 17.9 Å². The van der Waals surface area contributed by atoms with Crippen LogP contribution in [-0.2, 0) is 14.8 Å². The van der Waals surface area contributed by atoms with Gasteiger partial charge in [-0.25, -0.2) is 8.42 Å². The predicted molar refractivity (Wildman–Crippen MR) is 85.7 cm³/mol. The molecule has 1 aromatic carbocycles. The van der Waals surface area contributed by atoms with E-state index in [4.69, 9.17) is 5.73 Å². The molecule has 0 heterocycles. The number of sulfonamides is 1. The van der Waals surface area contributed by atoms with Crippen LogP contribution in [0, 0.1) is 12.8 Å². The third kappa shape index (κ3) is 6.14. The second-order valence-electron chi connectivity index (χ2n) is 5.23. The summed E-state index contributed by atoms with van der Waals surface area (Å²) in [5.74, 6) is -0.172. The van der Waals surface area contributed by atoms with Crippen LogP contribution < -0.4 is 15.8 Å². The van der Waals surface area contributed by atoms with Crippen molar-refractivity contribution in [1.82, 2.24) is 0 Å². The molecule has 1 rings (SSSR count). The summed E-state index contributed by atoms with van der Waals surface area (Å²) in [6.45, 7) is 4.21. The Morgan fingerprint density at radius 1 is 1.38 bits per heavy atom. The van der Waals surface area contributed by atoms with Crippen molar-refractivity contribution >= 4 is 27.3 Å². The van der Waals surface area contributed by atoms with Crippen molar-refractivity contribution in [3.63, 3.8) is 0 Å². The number of benzene rings is 1. The number of nitrogens with two attached hydrogens (primary N) is 1. The van der Waals surface area contributed by atoms with E-state index in [1.807, 2.05) is 6.92 Å². The summed E-state index contributed by atoms with van der Waals surface area (Å²) in [7, 11) is -3.31. The molecule has 1 atom stereocenters. The zero-order valence-corrected chi connectivity index (χ0v) is 13.5. The van der Waals surface area contributed by atoms with Gasteiger partial charge in [0.05, 0.1) is 11.9 Å². The van der Waals surface area contributed by atoms with Gasteiger partial charge in [0.2, 0.25) is 15.9 Å². The lowest BCUT2D eigenvalue weighted by molar-refractivity contribution is -0.119. The van der Waals surface area contributed by atoms with Crippen LogP contribution in [0.4, 0.5) is 11.4 Å². The first-order chi connectivity index (χ1) is 9.73. The maximum absolute atomic E-state index is 12.0. The summed E-state index contributed by atoms with van der Waals surface area (Å²) in [5, 5.41) is 2.82. The van der Waals surface area contributed by atoms with Crippen molar-refractivity contribution in [3.05, 3.63) is 23.8 Å². The Balaban J connectivity index is 2.73. The second-order valence-corrected chi connectivity index (χ2v) is 6.97. The van der Waals surface area contributed by atoms with Gasteiger partial charge in [-0.15, -0.1) is 0 Å². The molecule has 0 aliphatic carbocycles. The highest BCUT2D eigenvalue weighted by molar-refractivity contribution is 7.92. The minimum Gasteiger partial charge on any atom is -0.330 e. The first-order valence-corrected chi connectivity index (χ1v) is 8.71. The molecule has 0 spiro atoms. The number of anilines is 2. The maximum atomic E-state index is 12.0. The van der Waals surface area contributed by atoms with E-state index >= 15 is 0 Å². The van der Waals surface area contributed by atoms with E-state index in [-0.39, 0.29) is 11.8 Å². The van der Waals surface area contributed by atoms with Gasteiger partial charge >= 0.3 is 0 Å². The number of hydrogen-bond donors (Lipinski definition) is 3. The minimum absolute atomic E-state index is 0.0633. The molecule has 0 aromatic heterocycles. The van der Waals surface area contributed by atoms with E-state index in [0.717, 1.165) is 24.7 Å². The molecule has 0 bridgehead atoms. The molecular formula is C14H23N3O3S. The highest BCUT2D eigenvalue weighted by Gasteiger charge is 2.13. The summed E-state index contributed by atoms with van der Waals surface area (Å²) in [6, 6.07) is 5.05. The lowest BCUT2D eigenvalue weighted by atomic mass is 10.0. The van der Waals surface area contributed by atoms with Gasteiger partial charge in [-0.2, -0.15) is 0 Å². The molecule has 0 aliphatic rings. The van der Waals surface area contributed by atoms with Gasteiger partial charge in [0.1, 0.15) is 0 Å². The van der Waals surface area contributed by atoms with Crippen molar-refractivity contribution in [2.24, 2.45) is 11.7 Å². The van der Waals surface area contributed by atoms with Gasteiger partial charge in [0.25, 0.3) is 0 Å². The number of amides is 1. The lowest BCUT2D eigenvalue weighted by Gasteiger charge is -2.13. The molecule has 0 radical (unpaired) electrons. The molecule has 0 fully saturated rings. The number of carbonyl (C=O) groups excluding carboxylic acids is 1. The normalized spacial score (nSPS) is 12.8. The molecule has 118 valence electrons. The first kappa shape index (κ1) is 17.5. The average Bonchev–Trinajstić information content (AvgIpc) is 2.37. The summed E-state index contributed by atoms with van der Waals surface area (Å²) < 4.78 is 24.9. The Bertz CT molecular complexity index is 599. The van der Waals surface area contributed by atoms with Crippen LogP contribution in [0.5, 0.6) is 0 Å². The standard InChI is InChI=1S/C14H23N3O3S/c1-10(5-4-8-15)14(18)16-12-6-7-13(11(2)9-12)17-21(3,19)20/h6-7,9-10,17H,4-5,8,15H2,1-3H3,(H,16,18). The number of aryl methyl sites for hydroxylation is 1. The smallest absolute Gasteiger partial charge is 0.229 e. The number of nitrogens with one attached hydrogen (secondary N) is 2. The fraction of sp³-hybridized carbons (Fsp3) is 0.500. The summed E-state index contributed by atoms with van der Waals surface area (Å²) in [4.78, 5) is 12.0. The Kier molecular flexibility index (Phi) is 6.17. The van der Waals surface area contributed by atoms with Crippen molar-refractivity contribution in [3.8, 4) is 0 Å². The third-order valence-electron chi connectivity index (χ3n) is 3.08. The molecule has 4 N–H and O–H groups in total. The van der Waals surface area contributed by atoms with Crippen LogP contribution in [0.3, 0.4) is 0 Å². The Labute approximate surface area is 126 Å². The monoisotopic (exact) mass is 313 g/mol. The topological polar surface area (TPSA) is 101 Å². The van der Waals surface area contributed by atoms with Crippen LogP contribution >= 0.6 is 0 Å². The summed E-state index contributed by atoms with van der Waals surface area (Å²) >= 11 is 0. The van der Waals surface area contributed by atoms with Gasteiger partial charge in [-0.1, -0.05) is 6.92 Å². The van der Waals surface area contributed by atoms with Crippen LogP contribution in [0.2, 0.25) is 0 Å². The molecule has 0 saturated heterocycles. The number of carbonyl (C=O) groups is 1. The molecule has 7 heteroatoms. The Morgan fingerprint density at radius 2 is 2.05 bits per heavy atom. The molecule has 1 amide bonds. The van der Waals surface area contributed by atoms with Gasteiger partial charge in [-0.05, 0) is 50.1 Å². The van der Waals surface area contributed by atoms with E-state index in [1.54, 1.807) is 25.1 Å². The zero-order chi connectivity index (χ0) is 16.0. The number of hydrogen-bond acceptors (Lipinski definition) is 4. The first-order valence-electron chi connectivity index (χ1n) is 6.82. The van der Waals surface area contributed by atoms with E-state index in [2.05, 4.69) is 10.0 Å². The molecule has 1 unspecified atom stereocenters. The van der Waals surface area contributed by atoms with E-state index in [9.17, 15) is 13.2 Å². The van der Waals surface area contributed by atoms with Crippen LogP contribution in [0.25, 0.3) is 0 Å². The van der Waals surface area contributed by atoms with Crippen LogP contribution in [0.15, 0.2) is 18.2 Å². The molecule has 1 aromatic rings. The predicted octanol–water partition coefficient (Wildman–Crippen LogP) is 1.68. The average molecular weight is 313 g/mol. The largest absolute Gasteiger partial charge is 0.330 e. The molecular weight excluding hydrogens is 290 g/mol. The summed E-state index contributed by atoms with van der Waals surface area (Å²) in [6.07, 6.45) is 2.65. The zero-order valence-electron chi connectivity index (χ0n) is 12.6. The van der Waals surface area contributed by atoms with Gasteiger partial charge in [0.15, 0.2) is 0 Å².